The van der Waals surface area contributed by atoms with Crippen molar-refractivity contribution < 1.29 is 19.1 Å². The van der Waals surface area contributed by atoms with Gasteiger partial charge in [0.25, 0.3) is 5.91 Å². The number of nitrogens with one attached hydrogen (secondary N) is 2. The fourth-order valence-corrected chi connectivity index (χ4v) is 4.08. The van der Waals surface area contributed by atoms with Crippen LogP contribution in [0, 0.1) is 0 Å². The first kappa shape index (κ1) is 25.2. The molecule has 4 rings (SSSR count). The number of fused-ring (bicyclic) bond motifs is 3. The summed E-state index contributed by atoms with van der Waals surface area (Å²) in [5.74, 6) is 0.796. The van der Waals surface area contributed by atoms with Gasteiger partial charge in [0.1, 0.15) is 17.3 Å². The summed E-state index contributed by atoms with van der Waals surface area (Å²) in [4.78, 5) is 32.3. The first-order valence-corrected chi connectivity index (χ1v) is 12.2. The summed E-state index contributed by atoms with van der Waals surface area (Å²) in [5, 5.41) is 6.20. The van der Waals surface area contributed by atoms with E-state index in [9.17, 15) is 9.59 Å². The zero-order valence-corrected chi connectivity index (χ0v) is 20.5. The Morgan fingerprint density at radius 3 is 2.69 bits per heavy atom. The number of aromatic nitrogens is 1. The number of carbonyl (C=O) groups is 2. The lowest BCUT2D eigenvalue weighted by molar-refractivity contribution is -0.122. The monoisotopic (exact) mass is 488 g/mol. The predicted molar refractivity (Wildman–Crippen MR) is 138 cm³/mol. The highest BCUT2D eigenvalue weighted by Crippen LogP contribution is 2.27. The second kappa shape index (κ2) is 12.7. The molecular formula is C28H32N4O4. The van der Waals surface area contributed by atoms with Crippen LogP contribution in [-0.2, 0) is 22.7 Å². The van der Waals surface area contributed by atoms with E-state index in [4.69, 9.17) is 9.47 Å². The molecule has 0 fully saturated rings. The average Bonchev–Trinajstić information content (AvgIpc) is 2.90. The number of hydrogen-bond acceptors (Lipinski definition) is 6. The van der Waals surface area contributed by atoms with E-state index in [1.54, 1.807) is 30.2 Å². The Kier molecular flexibility index (Phi) is 8.88. The largest absolute Gasteiger partial charge is 0.491 e. The van der Waals surface area contributed by atoms with E-state index in [0.29, 0.717) is 32.1 Å². The number of ether oxygens (including phenoxy) is 2. The minimum absolute atomic E-state index is 0.0378. The van der Waals surface area contributed by atoms with Gasteiger partial charge in [0.05, 0.1) is 25.4 Å². The van der Waals surface area contributed by atoms with Crippen molar-refractivity contribution in [3.8, 4) is 5.75 Å². The van der Waals surface area contributed by atoms with Crippen LogP contribution in [0.1, 0.15) is 40.9 Å². The lowest BCUT2D eigenvalue weighted by Crippen LogP contribution is -2.41. The molecule has 188 valence electrons. The molecule has 2 aromatic carbocycles. The molecule has 0 aliphatic carbocycles. The van der Waals surface area contributed by atoms with Crippen LogP contribution in [0.2, 0.25) is 0 Å². The topological polar surface area (TPSA) is 92.8 Å². The van der Waals surface area contributed by atoms with E-state index < -0.39 is 0 Å². The van der Waals surface area contributed by atoms with Crippen LogP contribution in [0.5, 0.6) is 5.75 Å². The highest BCUT2D eigenvalue weighted by Gasteiger charge is 2.21. The molecule has 1 aliphatic heterocycles. The highest BCUT2D eigenvalue weighted by molar-refractivity contribution is 5.95. The molecule has 0 spiro atoms. The van der Waals surface area contributed by atoms with Crippen LogP contribution < -0.4 is 15.4 Å². The Labute approximate surface area is 211 Å². The van der Waals surface area contributed by atoms with Gasteiger partial charge in [0.15, 0.2) is 0 Å². The van der Waals surface area contributed by atoms with Crippen LogP contribution in [-0.4, -0.2) is 48.5 Å². The standard InChI is InChI=1S/C28H32N4O4/c1-35-20-22-11-4-3-10-21(22)18-29-27(33)19-32-16-7-2-8-17-36-25-14-6-5-12-23(25)30-26-15-9-13-24(31-26)28(32)34/h3-6,9-15H,2,7-8,16-20H2,1H3,(H,29,33)(H,30,31). The lowest BCUT2D eigenvalue weighted by Gasteiger charge is -2.23. The van der Waals surface area contributed by atoms with E-state index in [-0.39, 0.29) is 24.1 Å². The molecule has 0 atom stereocenters. The molecule has 8 nitrogen and oxygen atoms in total. The number of hydrogen-bond donors (Lipinski definition) is 2. The third kappa shape index (κ3) is 6.82. The van der Waals surface area contributed by atoms with Crippen LogP contribution in [0.3, 0.4) is 0 Å². The van der Waals surface area contributed by atoms with E-state index >= 15 is 0 Å². The van der Waals surface area contributed by atoms with Gasteiger partial charge in [0.2, 0.25) is 5.91 Å². The SMILES string of the molecule is COCc1ccccc1CNC(=O)CN1CCCCCOc2ccccc2Nc2cccc(n2)C1=O. The van der Waals surface area contributed by atoms with Gasteiger partial charge in [-0.3, -0.25) is 9.59 Å². The van der Waals surface area contributed by atoms with Crippen molar-refractivity contribution in [2.45, 2.75) is 32.4 Å². The summed E-state index contributed by atoms with van der Waals surface area (Å²) in [6, 6.07) is 20.7. The van der Waals surface area contributed by atoms with Gasteiger partial charge in [-0.05, 0) is 54.7 Å². The molecule has 3 aromatic rings. The molecule has 2 amide bonds. The summed E-state index contributed by atoms with van der Waals surface area (Å²) < 4.78 is 11.2. The fraction of sp³-hybridized carbons (Fsp3) is 0.321. The summed E-state index contributed by atoms with van der Waals surface area (Å²) >= 11 is 0. The number of carbonyl (C=O) groups excluding carboxylic acids is 2. The predicted octanol–water partition coefficient (Wildman–Crippen LogP) is 4.29. The van der Waals surface area contributed by atoms with Crippen molar-refractivity contribution in [1.82, 2.24) is 15.2 Å². The van der Waals surface area contributed by atoms with Crippen molar-refractivity contribution in [1.29, 1.82) is 0 Å². The zero-order valence-electron chi connectivity index (χ0n) is 20.5. The minimum atomic E-state index is -0.268. The Bertz CT molecular complexity index is 1180. The first-order valence-electron chi connectivity index (χ1n) is 12.2. The maximum Gasteiger partial charge on any atom is 0.273 e. The second-order valence-corrected chi connectivity index (χ2v) is 8.64. The number of benzene rings is 2. The van der Waals surface area contributed by atoms with Crippen molar-refractivity contribution >= 4 is 23.3 Å². The van der Waals surface area contributed by atoms with Crippen molar-refractivity contribution in [3.05, 3.63) is 83.6 Å². The van der Waals surface area contributed by atoms with E-state index in [0.717, 1.165) is 41.8 Å². The van der Waals surface area contributed by atoms with E-state index in [1.165, 1.54) is 0 Å². The normalized spacial score (nSPS) is 14.1. The van der Waals surface area contributed by atoms with Gasteiger partial charge in [-0.1, -0.05) is 42.5 Å². The van der Waals surface area contributed by atoms with Crippen molar-refractivity contribution in [2.75, 3.05) is 32.1 Å². The Morgan fingerprint density at radius 1 is 1.03 bits per heavy atom. The van der Waals surface area contributed by atoms with Crippen LogP contribution in [0.25, 0.3) is 0 Å². The van der Waals surface area contributed by atoms with Gasteiger partial charge >= 0.3 is 0 Å². The Hall–Kier alpha value is -3.91. The number of rotatable bonds is 6. The molecule has 1 aromatic heterocycles. The molecule has 0 radical (unpaired) electrons. The van der Waals surface area contributed by atoms with Crippen LogP contribution in [0.15, 0.2) is 66.7 Å². The lowest BCUT2D eigenvalue weighted by atomic mass is 10.1. The van der Waals surface area contributed by atoms with Crippen LogP contribution >= 0.6 is 0 Å². The molecule has 8 heteroatoms. The third-order valence-electron chi connectivity index (χ3n) is 5.96. The van der Waals surface area contributed by atoms with E-state index in [1.807, 2.05) is 48.5 Å². The maximum absolute atomic E-state index is 13.4. The number of anilines is 2. The maximum atomic E-state index is 13.4. The quantitative estimate of drug-likeness (QED) is 0.538. The third-order valence-corrected chi connectivity index (χ3v) is 5.96. The van der Waals surface area contributed by atoms with Crippen molar-refractivity contribution in [3.63, 3.8) is 0 Å². The summed E-state index contributed by atoms with van der Waals surface area (Å²) in [6.07, 6.45) is 2.49. The number of pyridine rings is 1. The van der Waals surface area contributed by atoms with Gasteiger partial charge < -0.3 is 25.0 Å². The fourth-order valence-electron chi connectivity index (χ4n) is 4.08. The molecule has 0 saturated heterocycles. The van der Waals surface area contributed by atoms with E-state index in [2.05, 4.69) is 15.6 Å². The number of para-hydroxylation sites is 2. The number of methoxy groups -OCH3 is 1. The molecule has 2 heterocycles. The molecule has 2 bridgehead atoms. The molecule has 0 unspecified atom stereocenters. The van der Waals surface area contributed by atoms with Crippen LogP contribution in [0.4, 0.5) is 11.5 Å². The molecular weight excluding hydrogens is 456 g/mol. The van der Waals surface area contributed by atoms with Gasteiger partial charge in [0, 0.05) is 20.2 Å². The molecule has 36 heavy (non-hydrogen) atoms. The Balaban J connectivity index is 1.48. The van der Waals surface area contributed by atoms with Gasteiger partial charge in [-0.25, -0.2) is 4.98 Å². The Morgan fingerprint density at radius 2 is 1.83 bits per heavy atom. The van der Waals surface area contributed by atoms with Gasteiger partial charge in [-0.2, -0.15) is 0 Å². The highest BCUT2D eigenvalue weighted by atomic mass is 16.5. The summed E-state index contributed by atoms with van der Waals surface area (Å²) in [7, 11) is 1.64. The van der Waals surface area contributed by atoms with Crippen molar-refractivity contribution in [2.24, 2.45) is 0 Å². The molecule has 0 saturated carbocycles. The average molecular weight is 489 g/mol. The molecule has 2 N–H and O–H groups in total. The first-order chi connectivity index (χ1) is 17.6. The smallest absolute Gasteiger partial charge is 0.273 e. The van der Waals surface area contributed by atoms with Gasteiger partial charge in [-0.15, -0.1) is 0 Å². The molecule has 1 aliphatic rings. The summed E-state index contributed by atoms with van der Waals surface area (Å²) in [5.41, 5.74) is 3.08. The summed E-state index contributed by atoms with van der Waals surface area (Å²) in [6.45, 7) is 1.84. The number of nitrogens with zero attached hydrogens (tertiary/aromatic N) is 2. The minimum Gasteiger partial charge on any atom is -0.491 e. The zero-order chi connectivity index (χ0) is 25.2. The number of amides is 2. The second-order valence-electron chi connectivity index (χ2n) is 8.64.